The summed E-state index contributed by atoms with van der Waals surface area (Å²) in [5, 5.41) is 13.1. The number of nitro benzene ring substituents is 1. The number of barbiturate groups is 1. The first-order valence-electron chi connectivity index (χ1n) is 8.83. The number of hydrogen-bond acceptors (Lipinski definition) is 5. The van der Waals surface area contributed by atoms with Crippen molar-refractivity contribution in [1.29, 1.82) is 0 Å². The van der Waals surface area contributed by atoms with Gasteiger partial charge in [0, 0.05) is 24.5 Å². The number of non-ortho nitro benzene ring substituents is 1. The number of nitrogens with one attached hydrogen (secondary N) is 1. The van der Waals surface area contributed by atoms with E-state index in [1.54, 1.807) is 65.5 Å². The van der Waals surface area contributed by atoms with Crippen molar-refractivity contribution >= 4 is 35.3 Å². The predicted octanol–water partition coefficient (Wildman–Crippen LogP) is 3.05. The molecule has 0 radical (unpaired) electrons. The quantitative estimate of drug-likeness (QED) is 0.312. The van der Waals surface area contributed by atoms with Crippen LogP contribution in [0.15, 0.2) is 78.6 Å². The Bertz CT molecular complexity index is 1210. The number of rotatable bonds is 4. The van der Waals surface area contributed by atoms with Crippen LogP contribution in [0, 0.1) is 10.1 Å². The van der Waals surface area contributed by atoms with Crippen LogP contribution in [0.25, 0.3) is 11.8 Å². The Hall–Kier alpha value is -4.53. The van der Waals surface area contributed by atoms with Gasteiger partial charge in [-0.3, -0.25) is 25.0 Å². The highest BCUT2D eigenvalue weighted by Gasteiger charge is 2.36. The minimum atomic E-state index is -0.817. The number of aromatic nitrogens is 1. The van der Waals surface area contributed by atoms with Gasteiger partial charge in [0.15, 0.2) is 0 Å². The first kappa shape index (κ1) is 18.8. The minimum absolute atomic E-state index is 0.0556. The Kier molecular flexibility index (Phi) is 4.69. The first-order chi connectivity index (χ1) is 14.4. The molecule has 2 aromatic carbocycles. The van der Waals surface area contributed by atoms with Gasteiger partial charge in [-0.15, -0.1) is 0 Å². The van der Waals surface area contributed by atoms with Crippen LogP contribution in [0.1, 0.15) is 5.56 Å². The summed E-state index contributed by atoms with van der Waals surface area (Å²) in [6.45, 7) is 0. The van der Waals surface area contributed by atoms with Crippen LogP contribution in [0.2, 0.25) is 0 Å². The molecule has 3 aromatic rings. The lowest BCUT2D eigenvalue weighted by molar-refractivity contribution is -0.384. The second-order valence-corrected chi connectivity index (χ2v) is 6.42. The van der Waals surface area contributed by atoms with Crippen molar-refractivity contribution in [3.63, 3.8) is 0 Å². The van der Waals surface area contributed by atoms with E-state index in [9.17, 15) is 24.5 Å². The maximum Gasteiger partial charge on any atom is 0.335 e. The van der Waals surface area contributed by atoms with E-state index in [0.717, 1.165) is 4.90 Å². The minimum Gasteiger partial charge on any atom is -0.323 e. The molecule has 1 aromatic heterocycles. The van der Waals surface area contributed by atoms with Gasteiger partial charge in [0.05, 0.1) is 16.3 Å². The van der Waals surface area contributed by atoms with Crippen molar-refractivity contribution < 1.29 is 19.3 Å². The van der Waals surface area contributed by atoms with Crippen molar-refractivity contribution in [2.45, 2.75) is 0 Å². The number of urea groups is 1. The summed E-state index contributed by atoms with van der Waals surface area (Å²) < 4.78 is 1.63. The number of amides is 4. The third-order valence-corrected chi connectivity index (χ3v) is 4.48. The number of imide groups is 2. The van der Waals surface area contributed by atoms with Gasteiger partial charge in [0.1, 0.15) is 5.57 Å². The molecule has 0 unspecified atom stereocenters. The van der Waals surface area contributed by atoms with Gasteiger partial charge in [-0.25, -0.2) is 9.69 Å². The van der Waals surface area contributed by atoms with Gasteiger partial charge < -0.3 is 4.57 Å². The first-order valence-corrected chi connectivity index (χ1v) is 8.83. The van der Waals surface area contributed by atoms with Crippen molar-refractivity contribution in [3.8, 4) is 5.69 Å². The number of carbonyl (C=O) groups excluding carboxylic acids is 3. The molecule has 4 rings (SSSR count). The molecule has 1 aliphatic heterocycles. The molecule has 1 aliphatic rings. The number of para-hydroxylation sites is 1. The highest BCUT2D eigenvalue weighted by Crippen LogP contribution is 2.23. The molecule has 148 valence electrons. The molecule has 0 bridgehead atoms. The zero-order valence-electron chi connectivity index (χ0n) is 15.4. The maximum atomic E-state index is 12.8. The van der Waals surface area contributed by atoms with Gasteiger partial charge in [0.2, 0.25) is 0 Å². The average molecular weight is 402 g/mol. The molecule has 2 heterocycles. The van der Waals surface area contributed by atoms with Crippen LogP contribution in [-0.2, 0) is 9.59 Å². The van der Waals surface area contributed by atoms with Gasteiger partial charge >= 0.3 is 6.03 Å². The third kappa shape index (κ3) is 3.47. The zero-order chi connectivity index (χ0) is 21.3. The average Bonchev–Trinajstić information content (AvgIpc) is 3.21. The van der Waals surface area contributed by atoms with E-state index >= 15 is 0 Å². The molecule has 0 saturated carbocycles. The largest absolute Gasteiger partial charge is 0.335 e. The highest BCUT2D eigenvalue weighted by atomic mass is 16.6. The molecule has 4 amide bonds. The summed E-state index contributed by atoms with van der Waals surface area (Å²) >= 11 is 0. The van der Waals surface area contributed by atoms with Crippen LogP contribution in [-0.4, -0.2) is 27.3 Å². The standard InChI is InChI=1S/C21H14N4O5/c26-19-18(20(27)24(21(28)22-19)15-5-2-1-3-6-15)11-14-9-10-23(13-14)16-7-4-8-17(12-16)25(29)30/h1-13H,(H,22,26,28)/b18-11+. The third-order valence-electron chi connectivity index (χ3n) is 4.48. The molecule has 30 heavy (non-hydrogen) atoms. The molecule has 1 N–H and O–H groups in total. The molecule has 0 atom stereocenters. The number of hydrogen-bond donors (Lipinski definition) is 1. The molecule has 9 nitrogen and oxygen atoms in total. The topological polar surface area (TPSA) is 115 Å². The van der Waals surface area contributed by atoms with Gasteiger partial charge in [-0.05, 0) is 35.9 Å². The lowest BCUT2D eigenvalue weighted by atomic mass is 10.1. The fourth-order valence-electron chi connectivity index (χ4n) is 3.06. The van der Waals surface area contributed by atoms with Crippen LogP contribution in [0.5, 0.6) is 0 Å². The maximum absolute atomic E-state index is 12.8. The number of anilines is 1. The van der Waals surface area contributed by atoms with Gasteiger partial charge in [0.25, 0.3) is 17.5 Å². The SMILES string of the molecule is O=C1NC(=O)N(c2ccccc2)C(=O)/C1=C/c1ccn(-c2cccc([N+](=O)[O-])c2)c1. The fraction of sp³-hybridized carbons (Fsp3) is 0. The predicted molar refractivity (Wildman–Crippen MR) is 108 cm³/mol. The smallest absolute Gasteiger partial charge is 0.323 e. The molecule has 9 heteroatoms. The lowest BCUT2D eigenvalue weighted by Gasteiger charge is -2.26. The fourth-order valence-corrected chi connectivity index (χ4v) is 3.06. The van der Waals surface area contributed by atoms with E-state index in [1.165, 1.54) is 18.2 Å². The van der Waals surface area contributed by atoms with Crippen molar-refractivity contribution in [1.82, 2.24) is 9.88 Å². The van der Waals surface area contributed by atoms with E-state index in [0.29, 0.717) is 16.9 Å². The molecule has 1 saturated heterocycles. The Morgan fingerprint density at radius 3 is 2.40 bits per heavy atom. The summed E-state index contributed by atoms with van der Waals surface area (Å²) in [6, 6.07) is 15.1. The molecule has 0 aliphatic carbocycles. The Morgan fingerprint density at radius 2 is 1.67 bits per heavy atom. The van der Waals surface area contributed by atoms with E-state index in [1.807, 2.05) is 0 Å². The number of nitro groups is 1. The normalized spacial score (nSPS) is 15.4. The second kappa shape index (κ2) is 7.47. The van der Waals surface area contributed by atoms with E-state index in [-0.39, 0.29) is 11.3 Å². The van der Waals surface area contributed by atoms with Crippen LogP contribution in [0.4, 0.5) is 16.2 Å². The molecule has 1 fully saturated rings. The van der Waals surface area contributed by atoms with Gasteiger partial charge in [-0.1, -0.05) is 24.3 Å². The highest BCUT2D eigenvalue weighted by molar-refractivity contribution is 6.39. The summed E-state index contributed by atoms with van der Waals surface area (Å²) in [5.41, 5.74) is 1.15. The molecular formula is C21H14N4O5. The Labute approximate surface area is 170 Å². The second-order valence-electron chi connectivity index (χ2n) is 6.42. The van der Waals surface area contributed by atoms with E-state index < -0.39 is 22.8 Å². The zero-order valence-corrected chi connectivity index (χ0v) is 15.4. The van der Waals surface area contributed by atoms with E-state index in [2.05, 4.69) is 5.32 Å². The molecule has 0 spiro atoms. The van der Waals surface area contributed by atoms with Crippen LogP contribution >= 0.6 is 0 Å². The van der Waals surface area contributed by atoms with E-state index in [4.69, 9.17) is 0 Å². The van der Waals surface area contributed by atoms with Crippen LogP contribution < -0.4 is 10.2 Å². The van der Waals surface area contributed by atoms with Gasteiger partial charge in [-0.2, -0.15) is 0 Å². The van der Waals surface area contributed by atoms with Crippen molar-refractivity contribution in [2.24, 2.45) is 0 Å². The number of nitrogens with zero attached hydrogens (tertiary/aromatic N) is 3. The Morgan fingerprint density at radius 1 is 0.933 bits per heavy atom. The summed E-state index contributed by atoms with van der Waals surface area (Å²) in [5.74, 6) is -1.53. The van der Waals surface area contributed by atoms with Crippen LogP contribution in [0.3, 0.4) is 0 Å². The monoisotopic (exact) mass is 402 g/mol. The summed E-state index contributed by atoms with van der Waals surface area (Å²) in [6.07, 6.45) is 4.64. The van der Waals surface area contributed by atoms with Crippen molar-refractivity contribution in [3.05, 3.63) is 94.3 Å². The number of carbonyl (C=O) groups is 3. The summed E-state index contributed by atoms with van der Waals surface area (Å²) in [7, 11) is 0. The summed E-state index contributed by atoms with van der Waals surface area (Å²) in [4.78, 5) is 48.7. The lowest BCUT2D eigenvalue weighted by Crippen LogP contribution is -2.54. The Balaban J connectivity index is 1.67. The van der Waals surface area contributed by atoms with Crippen molar-refractivity contribution in [2.75, 3.05) is 4.90 Å². The number of benzene rings is 2. The molecular weight excluding hydrogens is 388 g/mol.